The molecule has 3 aliphatic heterocycles. The van der Waals surface area contributed by atoms with Crippen LogP contribution >= 0.6 is 0 Å². The Morgan fingerprint density at radius 1 is 1.23 bits per heavy atom. The van der Waals surface area contributed by atoms with E-state index in [1.165, 1.54) is 18.2 Å². The Hall–Kier alpha value is -1.76. The lowest BCUT2D eigenvalue weighted by atomic mass is 9.84. The van der Waals surface area contributed by atoms with Gasteiger partial charge in [0.05, 0.1) is 5.56 Å². The second-order valence-electron chi connectivity index (χ2n) is 5.76. The number of nitrogens with one attached hydrogen (secondary N) is 1. The molecular formula is C15H17F3N2O2. The molecule has 0 spiro atoms. The van der Waals surface area contributed by atoms with Crippen molar-refractivity contribution in [2.75, 3.05) is 19.6 Å². The van der Waals surface area contributed by atoms with Crippen LogP contribution in [0.3, 0.4) is 0 Å². The topological polar surface area (TPSA) is 41.6 Å². The van der Waals surface area contributed by atoms with Gasteiger partial charge in [-0.1, -0.05) is 12.1 Å². The molecule has 3 saturated heterocycles. The number of carbonyl (C=O) groups excluding carboxylic acids is 1. The van der Waals surface area contributed by atoms with Crippen LogP contribution in [0.4, 0.5) is 13.2 Å². The summed E-state index contributed by atoms with van der Waals surface area (Å²) in [6.45, 7) is 2.83. The molecule has 22 heavy (non-hydrogen) atoms. The van der Waals surface area contributed by atoms with Crippen molar-refractivity contribution >= 4 is 5.91 Å². The fraction of sp³-hybridized carbons (Fsp3) is 0.533. The van der Waals surface area contributed by atoms with Gasteiger partial charge in [0.1, 0.15) is 5.75 Å². The van der Waals surface area contributed by atoms with Crippen molar-refractivity contribution < 1.29 is 22.7 Å². The second kappa shape index (κ2) is 5.79. The Morgan fingerprint density at radius 2 is 1.91 bits per heavy atom. The molecule has 120 valence electrons. The van der Waals surface area contributed by atoms with Crippen molar-refractivity contribution in [2.45, 2.75) is 25.2 Å². The number of para-hydroxylation sites is 1. The first-order valence-corrected chi connectivity index (χ1v) is 7.30. The zero-order valence-corrected chi connectivity index (χ0v) is 11.9. The zero-order chi connectivity index (χ0) is 15.7. The number of alkyl halides is 3. The molecule has 0 aliphatic carbocycles. The van der Waals surface area contributed by atoms with Crippen LogP contribution < -0.4 is 10.1 Å². The van der Waals surface area contributed by atoms with Gasteiger partial charge >= 0.3 is 6.36 Å². The predicted molar refractivity (Wildman–Crippen MR) is 73.5 cm³/mol. The van der Waals surface area contributed by atoms with E-state index in [1.807, 2.05) is 0 Å². The average molecular weight is 314 g/mol. The van der Waals surface area contributed by atoms with Gasteiger partial charge in [-0.25, -0.2) is 0 Å². The number of piperidine rings is 3. The molecule has 3 aliphatic rings. The third-order valence-corrected chi connectivity index (χ3v) is 4.33. The Kier molecular flexibility index (Phi) is 3.99. The molecule has 7 heteroatoms. The summed E-state index contributed by atoms with van der Waals surface area (Å²) in [7, 11) is 0. The van der Waals surface area contributed by atoms with Crippen molar-refractivity contribution in [3.8, 4) is 5.75 Å². The number of rotatable bonds is 3. The largest absolute Gasteiger partial charge is 0.573 e. The Labute approximate surface area is 126 Å². The lowest BCUT2D eigenvalue weighted by Crippen LogP contribution is -2.57. The number of halogens is 3. The number of hydrogen-bond donors (Lipinski definition) is 1. The highest BCUT2D eigenvalue weighted by atomic mass is 19.4. The predicted octanol–water partition coefficient (Wildman–Crippen LogP) is 2.41. The van der Waals surface area contributed by atoms with Gasteiger partial charge in [0.2, 0.25) is 0 Å². The van der Waals surface area contributed by atoms with Crippen LogP contribution in [-0.4, -0.2) is 42.8 Å². The molecule has 4 rings (SSSR count). The van der Waals surface area contributed by atoms with Crippen LogP contribution in [0.25, 0.3) is 0 Å². The maximum atomic E-state index is 12.4. The summed E-state index contributed by atoms with van der Waals surface area (Å²) in [5, 5.41) is 2.86. The smallest absolute Gasteiger partial charge is 0.405 e. The molecule has 3 heterocycles. The fourth-order valence-corrected chi connectivity index (χ4v) is 3.24. The number of fused-ring (bicyclic) bond motifs is 3. The summed E-state index contributed by atoms with van der Waals surface area (Å²) in [5.74, 6) is -0.572. The van der Waals surface area contributed by atoms with E-state index in [0.717, 1.165) is 38.5 Å². The zero-order valence-electron chi connectivity index (χ0n) is 11.9. The molecule has 0 radical (unpaired) electrons. The third-order valence-electron chi connectivity index (χ3n) is 4.33. The Bertz CT molecular complexity index is 554. The van der Waals surface area contributed by atoms with Gasteiger partial charge in [-0.2, -0.15) is 0 Å². The van der Waals surface area contributed by atoms with Gasteiger partial charge in [0.25, 0.3) is 5.91 Å². The second-order valence-corrected chi connectivity index (χ2v) is 5.76. The summed E-state index contributed by atoms with van der Waals surface area (Å²) in [6.07, 6.45) is -2.77. The molecule has 0 aromatic heterocycles. The van der Waals surface area contributed by atoms with Gasteiger partial charge in [-0.05, 0) is 44.0 Å². The minimum atomic E-state index is -4.81. The maximum absolute atomic E-state index is 12.4. The molecule has 2 bridgehead atoms. The summed E-state index contributed by atoms with van der Waals surface area (Å²) in [6, 6.07) is 5.42. The van der Waals surface area contributed by atoms with E-state index in [2.05, 4.69) is 15.0 Å². The molecule has 1 N–H and O–H groups in total. The van der Waals surface area contributed by atoms with E-state index in [4.69, 9.17) is 0 Å². The quantitative estimate of drug-likeness (QED) is 0.931. The van der Waals surface area contributed by atoms with E-state index in [1.54, 1.807) is 0 Å². The van der Waals surface area contributed by atoms with Crippen LogP contribution in [-0.2, 0) is 0 Å². The number of carbonyl (C=O) groups is 1. The lowest BCUT2D eigenvalue weighted by Gasteiger charge is -2.44. The number of ether oxygens (including phenoxy) is 1. The highest BCUT2D eigenvalue weighted by Crippen LogP contribution is 2.29. The summed E-state index contributed by atoms with van der Waals surface area (Å²) >= 11 is 0. The molecule has 0 saturated carbocycles. The monoisotopic (exact) mass is 314 g/mol. The molecule has 4 nitrogen and oxygen atoms in total. The first-order valence-electron chi connectivity index (χ1n) is 7.30. The molecular weight excluding hydrogens is 297 g/mol. The van der Waals surface area contributed by atoms with Crippen molar-refractivity contribution in [3.63, 3.8) is 0 Å². The summed E-state index contributed by atoms with van der Waals surface area (Å²) in [4.78, 5) is 14.6. The van der Waals surface area contributed by atoms with Crippen molar-refractivity contribution in [1.82, 2.24) is 10.2 Å². The highest BCUT2D eigenvalue weighted by Gasteiger charge is 2.36. The van der Waals surface area contributed by atoms with Crippen molar-refractivity contribution in [2.24, 2.45) is 5.92 Å². The van der Waals surface area contributed by atoms with E-state index in [0.29, 0.717) is 5.92 Å². The Morgan fingerprint density at radius 3 is 2.50 bits per heavy atom. The number of nitrogens with zero attached hydrogens (tertiary/aromatic N) is 1. The number of hydrogen-bond acceptors (Lipinski definition) is 3. The van der Waals surface area contributed by atoms with E-state index >= 15 is 0 Å². The van der Waals surface area contributed by atoms with Crippen LogP contribution in [0.5, 0.6) is 5.75 Å². The van der Waals surface area contributed by atoms with E-state index < -0.39 is 18.0 Å². The summed E-state index contributed by atoms with van der Waals surface area (Å²) in [5.41, 5.74) is -0.0868. The standard InChI is InChI=1S/C15H17F3N2O2/c16-15(17,18)22-13-4-2-1-3-11(13)14(21)19-12-9-20-7-5-10(12)6-8-20/h1-4,10,12H,5-9H2,(H,19,21)/t12-/m1/s1. The fourth-order valence-electron chi connectivity index (χ4n) is 3.24. The maximum Gasteiger partial charge on any atom is 0.573 e. The highest BCUT2D eigenvalue weighted by molar-refractivity contribution is 5.97. The van der Waals surface area contributed by atoms with Crippen molar-refractivity contribution in [1.29, 1.82) is 0 Å². The molecule has 1 amide bonds. The molecule has 0 unspecified atom stereocenters. The SMILES string of the molecule is O=C(N[C@@H]1CN2CCC1CC2)c1ccccc1OC(F)(F)F. The number of amides is 1. The normalized spacial score (nSPS) is 27.5. The minimum Gasteiger partial charge on any atom is -0.405 e. The van der Waals surface area contributed by atoms with Crippen molar-refractivity contribution in [3.05, 3.63) is 29.8 Å². The van der Waals surface area contributed by atoms with Gasteiger partial charge < -0.3 is 15.0 Å². The first kappa shape index (κ1) is 15.1. The summed E-state index contributed by atoms with van der Waals surface area (Å²) < 4.78 is 41.1. The van der Waals surface area contributed by atoms with E-state index in [9.17, 15) is 18.0 Å². The van der Waals surface area contributed by atoms with Gasteiger partial charge in [0, 0.05) is 12.6 Å². The lowest BCUT2D eigenvalue weighted by molar-refractivity contribution is -0.274. The van der Waals surface area contributed by atoms with Crippen LogP contribution in [0.15, 0.2) is 24.3 Å². The van der Waals surface area contributed by atoms with Crippen LogP contribution in [0.2, 0.25) is 0 Å². The van der Waals surface area contributed by atoms with Crippen LogP contribution in [0.1, 0.15) is 23.2 Å². The minimum absolute atomic E-state index is 0.00561. The third kappa shape index (κ3) is 3.35. The van der Waals surface area contributed by atoms with Gasteiger partial charge in [-0.15, -0.1) is 13.2 Å². The molecule has 1 atom stereocenters. The van der Waals surface area contributed by atoms with Crippen LogP contribution in [0, 0.1) is 5.92 Å². The van der Waals surface area contributed by atoms with Gasteiger partial charge in [-0.3, -0.25) is 4.79 Å². The average Bonchev–Trinajstić information content (AvgIpc) is 2.47. The molecule has 3 fully saturated rings. The first-order chi connectivity index (χ1) is 10.4. The molecule has 1 aromatic carbocycles. The van der Waals surface area contributed by atoms with Gasteiger partial charge in [0.15, 0.2) is 0 Å². The van der Waals surface area contributed by atoms with E-state index in [-0.39, 0.29) is 11.6 Å². The number of benzene rings is 1. The Balaban J connectivity index is 1.72. The molecule has 1 aromatic rings.